The Balaban J connectivity index is 1.24. The first-order valence-electron chi connectivity index (χ1n) is 20.5. The summed E-state index contributed by atoms with van der Waals surface area (Å²) in [6.45, 7) is 9.01. The zero-order chi connectivity index (χ0) is 40.6. The monoisotopic (exact) mass is 774 g/mol. The lowest BCUT2D eigenvalue weighted by molar-refractivity contribution is 0.618. The molecule has 9 aromatic rings. The van der Waals surface area contributed by atoms with Crippen molar-refractivity contribution in [1.82, 2.24) is 9.55 Å². The minimum Gasteiger partial charge on any atom is -0.434 e. The van der Waals surface area contributed by atoms with E-state index in [2.05, 4.69) is 139 Å². The Morgan fingerprint density at radius 3 is 2.18 bits per heavy atom. The van der Waals surface area contributed by atoms with Crippen LogP contribution in [0.4, 0.5) is 0 Å². The fourth-order valence-electron chi connectivity index (χ4n) is 8.39. The fourth-order valence-corrected chi connectivity index (χ4v) is 8.39. The standard InChI is InChI=1S/C55H42N4O/c1-36-18-13-14-25-44(36)46-34-35-47-45-26-15-16-28-49(45)59(50-29-17-27-48-53(50)60-55(58-48)43-23-11-6-12-24-43)52(47)51(46)38(3)57-54(56-37(2)39-19-7-4-8-20-39)42-32-30-41(31-33-42)40-21-9-5-10-22-40/h4,6-9,11-35H,3,5,10H2,1-2H3/b56-37+,57-54-. The molecular weight excluding hydrogens is 733 g/mol. The van der Waals surface area contributed by atoms with Crippen molar-refractivity contribution >= 4 is 55.7 Å². The Morgan fingerprint density at radius 2 is 1.40 bits per heavy atom. The Hall–Kier alpha value is -7.63. The van der Waals surface area contributed by atoms with E-state index in [0.29, 0.717) is 23.0 Å². The Kier molecular flexibility index (Phi) is 9.55. The van der Waals surface area contributed by atoms with Gasteiger partial charge in [0.1, 0.15) is 5.52 Å². The van der Waals surface area contributed by atoms with E-state index in [9.17, 15) is 0 Å². The molecule has 10 rings (SSSR count). The number of aromatic nitrogens is 2. The highest BCUT2D eigenvalue weighted by Crippen LogP contribution is 2.43. The predicted molar refractivity (Wildman–Crippen MR) is 251 cm³/mol. The summed E-state index contributed by atoms with van der Waals surface area (Å²) in [7, 11) is 0. The summed E-state index contributed by atoms with van der Waals surface area (Å²) in [4.78, 5) is 15.7. The molecule has 7 aromatic carbocycles. The van der Waals surface area contributed by atoms with E-state index in [1.807, 2.05) is 61.5 Å². The van der Waals surface area contributed by atoms with Gasteiger partial charge in [-0.25, -0.2) is 15.0 Å². The summed E-state index contributed by atoms with van der Waals surface area (Å²) in [5.74, 6) is 1.16. The van der Waals surface area contributed by atoms with Crippen LogP contribution in [0, 0.1) is 6.92 Å². The van der Waals surface area contributed by atoms with Gasteiger partial charge in [-0.05, 0) is 90.4 Å². The van der Waals surface area contributed by atoms with E-state index in [4.69, 9.17) is 26.0 Å². The molecule has 5 nitrogen and oxygen atoms in total. The smallest absolute Gasteiger partial charge is 0.227 e. The number of para-hydroxylation sites is 2. The molecule has 0 radical (unpaired) electrons. The molecule has 2 heterocycles. The van der Waals surface area contributed by atoms with Crippen molar-refractivity contribution in [2.45, 2.75) is 26.7 Å². The number of benzene rings is 7. The van der Waals surface area contributed by atoms with E-state index in [1.54, 1.807) is 0 Å². The average molecular weight is 775 g/mol. The minimum absolute atomic E-state index is 0.576. The number of nitrogens with zero attached hydrogens (tertiary/aromatic N) is 4. The second-order valence-electron chi connectivity index (χ2n) is 15.2. The first-order chi connectivity index (χ1) is 29.5. The van der Waals surface area contributed by atoms with Gasteiger partial charge >= 0.3 is 0 Å². The summed E-state index contributed by atoms with van der Waals surface area (Å²) in [6, 6.07) is 56.6. The zero-order valence-electron chi connectivity index (χ0n) is 33.6. The number of hydrogen-bond donors (Lipinski definition) is 0. The first-order valence-corrected chi connectivity index (χ1v) is 20.5. The van der Waals surface area contributed by atoms with Gasteiger partial charge in [0.2, 0.25) is 5.89 Å². The van der Waals surface area contributed by atoms with Crippen LogP contribution in [0.5, 0.6) is 0 Å². The number of rotatable bonds is 8. The SMILES string of the molecule is C=C(/N=C(\N=C(/C)c1ccccc1)c1ccc(C2=CCCC=C2)cc1)c1c(-c2ccccc2C)ccc2c3ccccc3n(-c3cccc4nc(-c5ccccc5)oc34)c12. The largest absolute Gasteiger partial charge is 0.434 e. The molecule has 0 amide bonds. The molecule has 0 saturated carbocycles. The molecule has 5 heteroatoms. The molecule has 0 atom stereocenters. The van der Waals surface area contributed by atoms with Gasteiger partial charge in [-0.2, -0.15) is 0 Å². The van der Waals surface area contributed by atoms with Gasteiger partial charge in [0.15, 0.2) is 11.4 Å². The van der Waals surface area contributed by atoms with E-state index < -0.39 is 0 Å². The van der Waals surface area contributed by atoms with Gasteiger partial charge in [0.05, 0.1) is 22.4 Å². The van der Waals surface area contributed by atoms with Crippen LogP contribution in [-0.2, 0) is 0 Å². The number of oxazole rings is 1. The van der Waals surface area contributed by atoms with Gasteiger partial charge in [0.25, 0.3) is 0 Å². The third-order valence-electron chi connectivity index (χ3n) is 11.4. The van der Waals surface area contributed by atoms with Gasteiger partial charge in [-0.3, -0.25) is 0 Å². The van der Waals surface area contributed by atoms with Crippen LogP contribution < -0.4 is 0 Å². The lowest BCUT2D eigenvalue weighted by atomic mass is 9.92. The highest BCUT2D eigenvalue weighted by Gasteiger charge is 2.24. The van der Waals surface area contributed by atoms with Crippen molar-refractivity contribution in [2.75, 3.05) is 0 Å². The molecule has 288 valence electrons. The third-order valence-corrected chi connectivity index (χ3v) is 11.4. The zero-order valence-corrected chi connectivity index (χ0v) is 33.6. The molecule has 1 aliphatic rings. The Labute approximate surface area is 349 Å². The number of aliphatic imine (C=N–C) groups is 2. The fraction of sp³-hybridized carbons (Fsp3) is 0.0727. The van der Waals surface area contributed by atoms with Crippen LogP contribution in [0.15, 0.2) is 203 Å². The van der Waals surface area contributed by atoms with E-state index in [-0.39, 0.29) is 0 Å². The van der Waals surface area contributed by atoms with Crippen LogP contribution in [0.3, 0.4) is 0 Å². The summed E-state index contributed by atoms with van der Waals surface area (Å²) in [5, 5.41) is 2.19. The highest BCUT2D eigenvalue weighted by molar-refractivity contribution is 6.17. The Morgan fingerprint density at radius 1 is 0.650 bits per heavy atom. The number of amidine groups is 1. The van der Waals surface area contributed by atoms with E-state index in [0.717, 1.165) is 90.5 Å². The van der Waals surface area contributed by atoms with Gasteiger partial charge < -0.3 is 8.98 Å². The maximum Gasteiger partial charge on any atom is 0.227 e. The number of allylic oxidation sites excluding steroid dienone is 4. The van der Waals surface area contributed by atoms with E-state index >= 15 is 0 Å². The lowest BCUT2D eigenvalue weighted by Gasteiger charge is -2.17. The highest BCUT2D eigenvalue weighted by atomic mass is 16.3. The predicted octanol–water partition coefficient (Wildman–Crippen LogP) is 14.2. The third kappa shape index (κ3) is 6.70. The van der Waals surface area contributed by atoms with Gasteiger partial charge in [-0.1, -0.05) is 158 Å². The van der Waals surface area contributed by atoms with Crippen LogP contribution in [0.25, 0.3) is 72.4 Å². The summed E-state index contributed by atoms with van der Waals surface area (Å²) in [5.41, 5.74) is 15.3. The van der Waals surface area contributed by atoms with Crippen LogP contribution >= 0.6 is 0 Å². The maximum absolute atomic E-state index is 6.69. The van der Waals surface area contributed by atoms with Crippen LogP contribution in [-0.4, -0.2) is 21.1 Å². The summed E-state index contributed by atoms with van der Waals surface area (Å²) >= 11 is 0. The molecule has 2 aromatic heterocycles. The summed E-state index contributed by atoms with van der Waals surface area (Å²) < 4.78 is 9.00. The number of fused-ring (bicyclic) bond motifs is 4. The molecule has 1 aliphatic carbocycles. The molecule has 0 unspecified atom stereocenters. The van der Waals surface area contributed by atoms with Gasteiger partial charge in [-0.15, -0.1) is 0 Å². The number of hydrogen-bond acceptors (Lipinski definition) is 3. The van der Waals surface area contributed by atoms with Crippen LogP contribution in [0.1, 0.15) is 47.6 Å². The molecular formula is C55H42N4O. The summed E-state index contributed by atoms with van der Waals surface area (Å²) in [6.07, 6.45) is 8.88. The second-order valence-corrected chi connectivity index (χ2v) is 15.2. The average Bonchev–Trinajstić information content (AvgIpc) is 3.90. The molecule has 0 spiro atoms. The van der Waals surface area contributed by atoms with E-state index in [1.165, 1.54) is 11.1 Å². The topological polar surface area (TPSA) is 55.7 Å². The lowest BCUT2D eigenvalue weighted by Crippen LogP contribution is -2.05. The van der Waals surface area contributed by atoms with Crippen molar-refractivity contribution in [1.29, 1.82) is 0 Å². The van der Waals surface area contributed by atoms with Gasteiger partial charge in [0, 0.05) is 33.2 Å². The van der Waals surface area contributed by atoms with Crippen molar-refractivity contribution in [3.8, 4) is 28.3 Å². The first kappa shape index (κ1) is 36.7. The molecule has 0 bridgehead atoms. The molecule has 0 N–H and O–H groups in total. The molecule has 60 heavy (non-hydrogen) atoms. The number of aryl methyl sites for hydroxylation is 1. The van der Waals surface area contributed by atoms with Crippen molar-refractivity contribution < 1.29 is 4.42 Å². The molecule has 0 saturated heterocycles. The second kappa shape index (κ2) is 15.6. The molecule has 0 aliphatic heterocycles. The molecule has 0 fully saturated rings. The van der Waals surface area contributed by atoms with Crippen molar-refractivity contribution in [3.63, 3.8) is 0 Å². The van der Waals surface area contributed by atoms with Crippen molar-refractivity contribution in [2.24, 2.45) is 9.98 Å². The maximum atomic E-state index is 6.69. The van der Waals surface area contributed by atoms with Crippen LogP contribution in [0.2, 0.25) is 0 Å². The quantitative estimate of drug-likeness (QED) is 0.114. The Bertz CT molecular complexity index is 3210. The van der Waals surface area contributed by atoms with Crippen molar-refractivity contribution in [3.05, 3.63) is 216 Å². The minimum atomic E-state index is 0.576. The normalized spacial score (nSPS) is 13.3.